The zero-order valence-electron chi connectivity index (χ0n) is 10.8. The zero-order chi connectivity index (χ0) is 13.5. The van der Waals surface area contributed by atoms with E-state index in [1.165, 1.54) is 6.07 Å². The van der Waals surface area contributed by atoms with Gasteiger partial charge in [-0.1, -0.05) is 6.92 Å². The van der Waals surface area contributed by atoms with Gasteiger partial charge in [0, 0.05) is 23.9 Å². The van der Waals surface area contributed by atoms with Crippen LogP contribution in [0, 0.1) is 10.1 Å². The molecule has 1 aromatic carbocycles. The van der Waals surface area contributed by atoms with Gasteiger partial charge in [-0.15, -0.1) is 0 Å². The molecular weight excluding hydrogens is 252 g/mol. The molecule has 18 heavy (non-hydrogen) atoms. The minimum Gasteiger partial charge on any atom is -0.497 e. The maximum absolute atomic E-state index is 11.0. The molecule has 1 aromatic rings. The highest BCUT2D eigenvalue weighted by molar-refractivity contribution is 7.98. The van der Waals surface area contributed by atoms with E-state index in [2.05, 4.69) is 12.2 Å². The maximum atomic E-state index is 11.0. The fourth-order valence-electron chi connectivity index (χ4n) is 1.60. The van der Waals surface area contributed by atoms with Gasteiger partial charge < -0.3 is 10.1 Å². The highest BCUT2D eigenvalue weighted by atomic mass is 32.2. The summed E-state index contributed by atoms with van der Waals surface area (Å²) < 4.78 is 5.10. The Labute approximate surface area is 111 Å². The summed E-state index contributed by atoms with van der Waals surface area (Å²) in [5.41, 5.74) is 0.593. The average Bonchev–Trinajstić information content (AvgIpc) is 2.37. The molecule has 0 radical (unpaired) electrons. The standard InChI is InChI=1S/C12H18N2O3S/c1-4-9(8-18-3)13-11-7-10(17-2)5-6-12(11)14(15)16/h5-7,9,13H,4,8H2,1-3H3. The average molecular weight is 270 g/mol. The second-order valence-corrected chi connectivity index (χ2v) is 4.76. The molecule has 1 rings (SSSR count). The molecule has 0 fully saturated rings. The fraction of sp³-hybridized carbons (Fsp3) is 0.500. The summed E-state index contributed by atoms with van der Waals surface area (Å²) in [6.07, 6.45) is 2.93. The zero-order valence-corrected chi connectivity index (χ0v) is 11.6. The predicted octanol–water partition coefficient (Wildman–Crippen LogP) is 3.16. The number of nitro benzene ring substituents is 1. The summed E-state index contributed by atoms with van der Waals surface area (Å²) >= 11 is 1.71. The van der Waals surface area contributed by atoms with E-state index in [0.29, 0.717) is 11.4 Å². The number of methoxy groups -OCH3 is 1. The Morgan fingerprint density at radius 3 is 2.78 bits per heavy atom. The first-order valence-electron chi connectivity index (χ1n) is 5.70. The van der Waals surface area contributed by atoms with Crippen LogP contribution in [0.2, 0.25) is 0 Å². The van der Waals surface area contributed by atoms with E-state index in [0.717, 1.165) is 12.2 Å². The van der Waals surface area contributed by atoms with E-state index in [1.807, 2.05) is 6.26 Å². The predicted molar refractivity (Wildman–Crippen MR) is 75.7 cm³/mol. The first-order valence-corrected chi connectivity index (χ1v) is 7.09. The molecule has 0 saturated heterocycles. The Kier molecular flexibility index (Phi) is 5.77. The molecule has 0 aliphatic rings. The minimum atomic E-state index is -0.381. The van der Waals surface area contributed by atoms with Gasteiger partial charge in [0.25, 0.3) is 5.69 Å². The maximum Gasteiger partial charge on any atom is 0.292 e. The van der Waals surface area contributed by atoms with Crippen molar-refractivity contribution in [2.24, 2.45) is 0 Å². The van der Waals surface area contributed by atoms with Crippen molar-refractivity contribution in [3.8, 4) is 5.75 Å². The number of rotatable bonds is 7. The Bertz CT molecular complexity index is 412. The monoisotopic (exact) mass is 270 g/mol. The lowest BCUT2D eigenvalue weighted by Crippen LogP contribution is -2.21. The molecule has 1 unspecified atom stereocenters. The molecule has 1 atom stereocenters. The van der Waals surface area contributed by atoms with Gasteiger partial charge in [-0.3, -0.25) is 10.1 Å². The van der Waals surface area contributed by atoms with Gasteiger partial charge in [0.2, 0.25) is 0 Å². The minimum absolute atomic E-state index is 0.0790. The quantitative estimate of drug-likeness (QED) is 0.609. The number of benzene rings is 1. The third kappa shape index (κ3) is 3.80. The van der Waals surface area contributed by atoms with Gasteiger partial charge in [-0.25, -0.2) is 0 Å². The van der Waals surface area contributed by atoms with Crippen LogP contribution in [0.25, 0.3) is 0 Å². The van der Waals surface area contributed by atoms with Crippen molar-refractivity contribution in [3.63, 3.8) is 0 Å². The van der Waals surface area contributed by atoms with Crippen LogP contribution >= 0.6 is 11.8 Å². The highest BCUT2D eigenvalue weighted by Crippen LogP contribution is 2.29. The van der Waals surface area contributed by atoms with Gasteiger partial charge >= 0.3 is 0 Å². The molecule has 0 aliphatic heterocycles. The second kappa shape index (κ2) is 7.10. The third-order valence-corrected chi connectivity index (χ3v) is 3.36. The number of hydrogen-bond donors (Lipinski definition) is 1. The van der Waals surface area contributed by atoms with E-state index in [-0.39, 0.29) is 16.7 Å². The van der Waals surface area contributed by atoms with Crippen molar-refractivity contribution in [3.05, 3.63) is 28.3 Å². The molecule has 0 heterocycles. The van der Waals surface area contributed by atoms with Crippen LogP contribution in [0.4, 0.5) is 11.4 Å². The highest BCUT2D eigenvalue weighted by Gasteiger charge is 2.17. The molecule has 0 amide bonds. The summed E-state index contributed by atoms with van der Waals surface area (Å²) in [4.78, 5) is 10.6. The molecule has 0 saturated carbocycles. The van der Waals surface area contributed by atoms with Crippen LogP contribution < -0.4 is 10.1 Å². The van der Waals surface area contributed by atoms with Crippen molar-refractivity contribution < 1.29 is 9.66 Å². The van der Waals surface area contributed by atoms with Crippen LogP contribution in [0.5, 0.6) is 5.75 Å². The van der Waals surface area contributed by atoms with Gasteiger partial charge in [0.15, 0.2) is 0 Å². The summed E-state index contributed by atoms with van der Waals surface area (Å²) in [7, 11) is 1.55. The van der Waals surface area contributed by atoms with E-state index in [4.69, 9.17) is 4.74 Å². The lowest BCUT2D eigenvalue weighted by molar-refractivity contribution is -0.384. The molecule has 0 spiro atoms. The van der Waals surface area contributed by atoms with Gasteiger partial charge in [0.05, 0.1) is 12.0 Å². The van der Waals surface area contributed by atoms with Gasteiger partial charge in [-0.2, -0.15) is 11.8 Å². The molecule has 0 bridgehead atoms. The number of nitrogens with one attached hydrogen (secondary N) is 1. The summed E-state index contributed by atoms with van der Waals surface area (Å²) in [5.74, 6) is 1.52. The third-order valence-electron chi connectivity index (χ3n) is 2.62. The smallest absolute Gasteiger partial charge is 0.292 e. The normalized spacial score (nSPS) is 11.9. The number of ether oxygens (including phenoxy) is 1. The number of thioether (sulfide) groups is 1. The summed E-state index contributed by atoms with van der Waals surface area (Å²) in [6, 6.07) is 4.94. The van der Waals surface area contributed by atoms with Gasteiger partial charge in [0.1, 0.15) is 11.4 Å². The Hall–Kier alpha value is -1.43. The molecule has 6 heteroatoms. The summed E-state index contributed by atoms with van der Waals surface area (Å²) in [6.45, 7) is 2.06. The van der Waals surface area contributed by atoms with Crippen LogP contribution in [-0.2, 0) is 0 Å². The second-order valence-electron chi connectivity index (χ2n) is 3.85. The van der Waals surface area contributed by atoms with E-state index >= 15 is 0 Å². The van der Waals surface area contributed by atoms with Crippen molar-refractivity contribution in [1.29, 1.82) is 0 Å². The molecule has 5 nitrogen and oxygen atoms in total. The van der Waals surface area contributed by atoms with Crippen LogP contribution in [0.3, 0.4) is 0 Å². The van der Waals surface area contributed by atoms with Crippen LogP contribution in [0.15, 0.2) is 18.2 Å². The SMILES string of the molecule is CCC(CSC)Nc1cc(OC)ccc1[N+](=O)[O-]. The summed E-state index contributed by atoms with van der Waals surface area (Å²) in [5, 5.41) is 14.2. The number of nitro groups is 1. The van der Waals surface area contributed by atoms with E-state index in [1.54, 1.807) is 31.0 Å². The molecular formula is C12H18N2O3S. The van der Waals surface area contributed by atoms with E-state index in [9.17, 15) is 10.1 Å². The molecule has 100 valence electrons. The number of anilines is 1. The topological polar surface area (TPSA) is 64.4 Å². The lowest BCUT2D eigenvalue weighted by Gasteiger charge is -2.17. The largest absolute Gasteiger partial charge is 0.497 e. The first-order chi connectivity index (χ1) is 8.62. The van der Waals surface area contributed by atoms with Gasteiger partial charge in [-0.05, 0) is 18.7 Å². The molecule has 0 aromatic heterocycles. The van der Waals surface area contributed by atoms with Crippen molar-refractivity contribution >= 4 is 23.1 Å². The Balaban J connectivity index is 2.99. The lowest BCUT2D eigenvalue weighted by atomic mass is 10.2. The van der Waals surface area contributed by atoms with Crippen LogP contribution in [0.1, 0.15) is 13.3 Å². The molecule has 1 N–H and O–H groups in total. The number of hydrogen-bond acceptors (Lipinski definition) is 5. The Morgan fingerprint density at radius 1 is 1.56 bits per heavy atom. The first kappa shape index (κ1) is 14.6. The van der Waals surface area contributed by atoms with Crippen molar-refractivity contribution in [1.82, 2.24) is 0 Å². The fourth-order valence-corrected chi connectivity index (χ4v) is 2.32. The van der Waals surface area contributed by atoms with E-state index < -0.39 is 0 Å². The van der Waals surface area contributed by atoms with Crippen molar-refractivity contribution in [2.45, 2.75) is 19.4 Å². The Morgan fingerprint density at radius 2 is 2.28 bits per heavy atom. The molecule has 0 aliphatic carbocycles. The number of nitrogens with zero attached hydrogens (tertiary/aromatic N) is 1. The van der Waals surface area contributed by atoms with Crippen LogP contribution in [-0.4, -0.2) is 30.1 Å². The van der Waals surface area contributed by atoms with Crippen molar-refractivity contribution in [2.75, 3.05) is 24.4 Å².